The third-order valence-corrected chi connectivity index (χ3v) is 5.63. The fourth-order valence-electron chi connectivity index (χ4n) is 3.88. The number of benzene rings is 1. The highest BCUT2D eigenvalue weighted by atomic mass is 19.1. The van der Waals surface area contributed by atoms with Crippen molar-refractivity contribution < 1.29 is 19.0 Å². The van der Waals surface area contributed by atoms with E-state index in [2.05, 4.69) is 20.6 Å². The number of fused-ring (bicyclic) bond motifs is 2. The molecule has 0 aliphatic rings. The Morgan fingerprint density at radius 2 is 2.08 bits per heavy atom. The number of aryl methyl sites for hydroxylation is 1. The van der Waals surface area contributed by atoms with Gasteiger partial charge in [-0.3, -0.25) is 15.2 Å². The molecule has 0 bridgehead atoms. The molecule has 10 heteroatoms. The number of amides is 1. The number of anilines is 1. The summed E-state index contributed by atoms with van der Waals surface area (Å²) in [7, 11) is 1.57. The van der Waals surface area contributed by atoms with E-state index in [9.17, 15) is 9.18 Å². The molecule has 0 fully saturated rings. The zero-order valence-corrected chi connectivity index (χ0v) is 19.8. The van der Waals surface area contributed by atoms with Crippen LogP contribution >= 0.6 is 0 Å². The molecule has 1 amide bonds. The molecule has 36 heavy (non-hydrogen) atoms. The summed E-state index contributed by atoms with van der Waals surface area (Å²) in [6.45, 7) is 0.849. The molecule has 0 aliphatic heterocycles. The fraction of sp³-hybridized carbons (Fsp3) is 0.231. The lowest BCUT2D eigenvalue weighted by Crippen LogP contribution is -2.27. The molecule has 0 aliphatic carbocycles. The van der Waals surface area contributed by atoms with Crippen molar-refractivity contribution in [3.05, 3.63) is 72.5 Å². The number of carbonyl (C=O) groups is 1. The Kier molecular flexibility index (Phi) is 7.86. The Labute approximate surface area is 207 Å². The van der Waals surface area contributed by atoms with Gasteiger partial charge in [-0.05, 0) is 48.7 Å². The van der Waals surface area contributed by atoms with E-state index in [1.807, 2.05) is 6.07 Å². The molecular formula is C26H27FN6O3. The van der Waals surface area contributed by atoms with E-state index in [0.717, 1.165) is 16.6 Å². The van der Waals surface area contributed by atoms with E-state index in [1.165, 1.54) is 28.9 Å². The molecule has 4 N–H and O–H groups in total. The summed E-state index contributed by atoms with van der Waals surface area (Å²) in [4.78, 5) is 21.0. The number of carbonyl (C=O) groups excluding carboxylic acids is 1. The Morgan fingerprint density at radius 1 is 1.22 bits per heavy atom. The first-order valence-corrected chi connectivity index (χ1v) is 11.5. The molecular weight excluding hydrogens is 463 g/mol. The van der Waals surface area contributed by atoms with Gasteiger partial charge in [-0.25, -0.2) is 9.37 Å². The number of nitrogens with zero attached hydrogens (tertiary/aromatic N) is 3. The Morgan fingerprint density at radius 3 is 2.89 bits per heavy atom. The molecule has 186 valence electrons. The van der Waals surface area contributed by atoms with Crippen molar-refractivity contribution in [3.63, 3.8) is 0 Å². The molecule has 9 nitrogen and oxygen atoms in total. The van der Waals surface area contributed by atoms with Crippen LogP contribution in [0.15, 0.2) is 61.1 Å². The van der Waals surface area contributed by atoms with Gasteiger partial charge in [0.2, 0.25) is 5.91 Å². The smallest absolute Gasteiger partial charge is 0.244 e. The number of allylic oxidation sites excluding steroid dienone is 1. The summed E-state index contributed by atoms with van der Waals surface area (Å²) in [6.07, 6.45) is 8.85. The third kappa shape index (κ3) is 5.66. The van der Waals surface area contributed by atoms with Crippen LogP contribution in [0.4, 0.5) is 10.1 Å². The minimum absolute atomic E-state index is 0.0267. The summed E-state index contributed by atoms with van der Waals surface area (Å²) >= 11 is 0. The van der Waals surface area contributed by atoms with Gasteiger partial charge in [0.1, 0.15) is 22.9 Å². The molecule has 0 saturated carbocycles. The second-order valence-electron chi connectivity index (χ2n) is 8.05. The number of aromatic nitrogens is 3. The monoisotopic (exact) mass is 490 g/mol. The van der Waals surface area contributed by atoms with Crippen LogP contribution in [0.2, 0.25) is 0 Å². The lowest BCUT2D eigenvalue weighted by Gasteiger charge is -2.09. The Hall–Kier alpha value is -4.31. The average Bonchev–Trinajstić information content (AvgIpc) is 3.25. The third-order valence-electron chi connectivity index (χ3n) is 5.63. The van der Waals surface area contributed by atoms with Crippen molar-refractivity contribution in [2.75, 3.05) is 32.1 Å². The molecule has 0 radical (unpaired) electrons. The van der Waals surface area contributed by atoms with Crippen molar-refractivity contribution in [2.45, 2.75) is 12.8 Å². The molecule has 0 saturated heterocycles. The van der Waals surface area contributed by atoms with E-state index in [4.69, 9.17) is 15.3 Å². The Balaban J connectivity index is 1.34. The van der Waals surface area contributed by atoms with E-state index >= 15 is 0 Å². The first kappa shape index (κ1) is 24.8. The highest BCUT2D eigenvalue weighted by Gasteiger charge is 2.12. The maximum absolute atomic E-state index is 13.8. The van der Waals surface area contributed by atoms with E-state index in [-0.39, 0.29) is 18.3 Å². The summed E-state index contributed by atoms with van der Waals surface area (Å²) in [5, 5.41) is 24.3. The number of rotatable bonds is 10. The number of ether oxygens (including phenoxy) is 1. The van der Waals surface area contributed by atoms with Crippen molar-refractivity contribution in [1.29, 1.82) is 5.41 Å². The molecule has 3 aromatic heterocycles. The van der Waals surface area contributed by atoms with Crippen LogP contribution in [0.5, 0.6) is 5.75 Å². The Bertz CT molecular complexity index is 1430. The van der Waals surface area contributed by atoms with Crippen LogP contribution in [-0.2, 0) is 11.2 Å². The fourth-order valence-corrected chi connectivity index (χ4v) is 3.88. The zero-order valence-electron chi connectivity index (χ0n) is 19.8. The standard InChI is InChI=1S/C26H27FN6O3/c1-36-19-14-22-26(32-15-19)21(8-9-29-22)30-10-11-31-25(35)7-6-24(28)33-16-17(3-2-12-34)20-5-4-18(27)13-23(20)33/h4-9,13-16,28,34H,2-3,10-12H2,1H3,(H,29,30)(H,31,35). The normalized spacial score (nSPS) is 11.3. The molecule has 0 spiro atoms. The second kappa shape index (κ2) is 11.4. The van der Waals surface area contributed by atoms with Gasteiger partial charge in [0.25, 0.3) is 0 Å². The van der Waals surface area contributed by atoms with Crippen molar-refractivity contribution in [1.82, 2.24) is 19.9 Å². The summed E-state index contributed by atoms with van der Waals surface area (Å²) in [5.41, 5.74) is 3.63. The number of methoxy groups -OCH3 is 1. The number of hydrogen-bond acceptors (Lipinski definition) is 7. The molecule has 0 atom stereocenters. The summed E-state index contributed by atoms with van der Waals surface area (Å²) < 4.78 is 20.6. The molecule has 4 aromatic rings. The van der Waals surface area contributed by atoms with Gasteiger partial charge in [0.05, 0.1) is 30.0 Å². The van der Waals surface area contributed by atoms with Gasteiger partial charge in [0.15, 0.2) is 0 Å². The number of hydrogen-bond donors (Lipinski definition) is 4. The molecule has 1 aromatic carbocycles. The van der Waals surface area contributed by atoms with Crippen LogP contribution in [0.1, 0.15) is 12.0 Å². The van der Waals surface area contributed by atoms with Crippen LogP contribution < -0.4 is 15.4 Å². The van der Waals surface area contributed by atoms with Crippen LogP contribution in [0.3, 0.4) is 0 Å². The molecule has 0 unspecified atom stereocenters. The van der Waals surface area contributed by atoms with Crippen LogP contribution in [0, 0.1) is 11.2 Å². The van der Waals surface area contributed by atoms with Gasteiger partial charge >= 0.3 is 0 Å². The van der Waals surface area contributed by atoms with E-state index in [0.29, 0.717) is 48.2 Å². The predicted octanol–water partition coefficient (Wildman–Crippen LogP) is 3.27. The predicted molar refractivity (Wildman–Crippen MR) is 137 cm³/mol. The number of aliphatic hydroxyl groups is 1. The van der Waals surface area contributed by atoms with Crippen molar-refractivity contribution >= 4 is 39.4 Å². The first-order chi connectivity index (χ1) is 17.5. The number of halogens is 1. The van der Waals surface area contributed by atoms with Gasteiger partial charge in [-0.2, -0.15) is 0 Å². The van der Waals surface area contributed by atoms with E-state index < -0.39 is 5.82 Å². The minimum atomic E-state index is -0.408. The first-order valence-electron chi connectivity index (χ1n) is 11.5. The summed E-state index contributed by atoms with van der Waals surface area (Å²) in [5.74, 6) is -0.115. The quantitative estimate of drug-likeness (QED) is 0.117. The average molecular weight is 491 g/mol. The van der Waals surface area contributed by atoms with Gasteiger partial charge < -0.3 is 25.0 Å². The number of aliphatic hydroxyl groups excluding tert-OH is 1. The molecule has 4 rings (SSSR count). The zero-order chi connectivity index (χ0) is 25.5. The highest BCUT2D eigenvalue weighted by Crippen LogP contribution is 2.24. The maximum Gasteiger partial charge on any atom is 0.244 e. The number of pyridine rings is 2. The van der Waals surface area contributed by atoms with E-state index in [1.54, 1.807) is 37.8 Å². The second-order valence-corrected chi connectivity index (χ2v) is 8.05. The minimum Gasteiger partial charge on any atom is -0.495 e. The van der Waals surface area contributed by atoms with Crippen molar-refractivity contribution in [2.24, 2.45) is 0 Å². The largest absolute Gasteiger partial charge is 0.495 e. The number of nitrogens with one attached hydrogen (secondary N) is 3. The topological polar surface area (TPSA) is 125 Å². The lowest BCUT2D eigenvalue weighted by molar-refractivity contribution is -0.116. The lowest BCUT2D eigenvalue weighted by atomic mass is 10.1. The van der Waals surface area contributed by atoms with Crippen LogP contribution in [0.25, 0.3) is 21.9 Å². The van der Waals surface area contributed by atoms with Gasteiger partial charge in [0, 0.05) is 49.6 Å². The molecule has 3 heterocycles. The van der Waals surface area contributed by atoms with Gasteiger partial charge in [-0.15, -0.1) is 0 Å². The summed E-state index contributed by atoms with van der Waals surface area (Å²) in [6, 6.07) is 8.01. The van der Waals surface area contributed by atoms with Gasteiger partial charge in [-0.1, -0.05) is 0 Å². The van der Waals surface area contributed by atoms with Crippen molar-refractivity contribution in [3.8, 4) is 5.75 Å². The maximum atomic E-state index is 13.8. The highest BCUT2D eigenvalue weighted by molar-refractivity contribution is 6.04. The van der Waals surface area contributed by atoms with Crippen LogP contribution in [-0.4, -0.2) is 58.2 Å². The SMILES string of the molecule is COc1cnc2c(NCCNC(=O)C=CC(=N)n3cc(CCCO)c4ccc(F)cc43)ccnc2c1.